The molecule has 0 unspecified atom stereocenters. The van der Waals surface area contributed by atoms with E-state index in [0.717, 1.165) is 65.0 Å². The third-order valence-electron chi connectivity index (χ3n) is 8.44. The highest BCUT2D eigenvalue weighted by atomic mass is 79.9. The number of hydrogen-bond donors (Lipinski definition) is 2. The molecule has 0 saturated heterocycles. The minimum atomic E-state index is -3.21. The van der Waals surface area contributed by atoms with Crippen LogP contribution in [0.3, 0.4) is 0 Å². The monoisotopic (exact) mass is 809 g/mol. The first-order chi connectivity index (χ1) is 23.2. The number of anilines is 2. The van der Waals surface area contributed by atoms with Crippen molar-refractivity contribution in [2.24, 2.45) is 7.05 Å². The second kappa shape index (κ2) is 16.4. The first kappa shape index (κ1) is 36.6. The third kappa shape index (κ3) is 8.74. The number of fused-ring (bicyclic) bond motifs is 3. The number of H-pyrrole nitrogens is 2. The van der Waals surface area contributed by atoms with Crippen LogP contribution in [-0.2, 0) is 46.6 Å². The van der Waals surface area contributed by atoms with Crippen molar-refractivity contribution in [2.75, 3.05) is 37.1 Å². The Kier molecular flexibility index (Phi) is 12.2. The van der Waals surface area contributed by atoms with Gasteiger partial charge in [0.25, 0.3) is 0 Å². The van der Waals surface area contributed by atoms with Crippen LogP contribution in [0.4, 0.5) is 11.4 Å². The van der Waals surface area contributed by atoms with E-state index in [0.29, 0.717) is 5.30 Å². The highest BCUT2D eigenvalue weighted by Crippen LogP contribution is 2.46. The van der Waals surface area contributed by atoms with Gasteiger partial charge in [-0.1, -0.05) is 57.5 Å². The van der Waals surface area contributed by atoms with Gasteiger partial charge in [-0.3, -0.25) is 4.57 Å². The average molecular weight is 812 g/mol. The minimum absolute atomic E-state index is 0. The molecule has 0 fully saturated rings. The lowest BCUT2D eigenvalue weighted by atomic mass is 10.2. The highest BCUT2D eigenvalue weighted by molar-refractivity contribution is 9.10. The van der Waals surface area contributed by atoms with E-state index in [-0.39, 0.29) is 7.43 Å². The molecule has 0 spiro atoms. The number of halogens is 2. The molecule has 2 aliphatic rings. The van der Waals surface area contributed by atoms with E-state index >= 15 is 0 Å². The minimum Gasteiger partial charge on any atom is -0.365 e. The van der Waals surface area contributed by atoms with Crippen molar-refractivity contribution in [3.63, 3.8) is 0 Å². The molecule has 0 saturated carbocycles. The fourth-order valence-corrected chi connectivity index (χ4v) is 7.80. The molecule has 0 atom stereocenters. The Morgan fingerprint density at radius 1 is 0.857 bits per heavy atom. The van der Waals surface area contributed by atoms with Crippen molar-refractivity contribution < 1.29 is 13.6 Å². The topological polar surface area (TPSA) is 104 Å². The standard InChI is InChI=1S/C14H18N3O3P.C13H14BrN3.C8H6BrN.CH4/c1-19-21(18,20-2)13-4-3-11-5-6-17(14(11)7-13)9-12-8-15-10-16-12;1-16-7-12(15-9-16)8-17-5-4-10-2-3-11(14)6-13(10)17;9-7-2-1-6-3-4-10-8(6)5-7;/h3-4,7-8,10H,5-6,9H2,1-2H3,(H,15,16);2-3,6-7,9H,4-5,8H2,1H3;1-5,10H;1H4. The van der Waals surface area contributed by atoms with E-state index in [1.54, 1.807) is 6.33 Å². The molecule has 6 aromatic rings. The lowest BCUT2D eigenvalue weighted by Gasteiger charge is -2.20. The summed E-state index contributed by atoms with van der Waals surface area (Å²) in [6.07, 6.45) is 11.5. The van der Waals surface area contributed by atoms with E-state index < -0.39 is 7.60 Å². The zero-order valence-electron chi connectivity index (χ0n) is 27.1. The number of aromatic amines is 2. The molecule has 0 amide bonds. The molecule has 3 aromatic carbocycles. The number of hydrogen-bond acceptors (Lipinski definition) is 7. The Bertz CT molecular complexity index is 2020. The Morgan fingerprint density at radius 2 is 1.53 bits per heavy atom. The summed E-state index contributed by atoms with van der Waals surface area (Å²) in [4.78, 5) is 19.3. The second-order valence-electron chi connectivity index (χ2n) is 11.6. The number of benzene rings is 3. The normalized spacial score (nSPS) is 13.2. The predicted octanol–water partition coefficient (Wildman–Crippen LogP) is 8.40. The summed E-state index contributed by atoms with van der Waals surface area (Å²) < 4.78 is 26.9. The summed E-state index contributed by atoms with van der Waals surface area (Å²) in [6.45, 7) is 3.66. The van der Waals surface area contributed by atoms with Gasteiger partial charge in [0.15, 0.2) is 0 Å². The number of aryl methyl sites for hydroxylation is 1. The quantitative estimate of drug-likeness (QED) is 0.156. The van der Waals surface area contributed by atoms with Gasteiger partial charge >= 0.3 is 7.60 Å². The van der Waals surface area contributed by atoms with Crippen molar-refractivity contribution in [1.29, 1.82) is 0 Å². The van der Waals surface area contributed by atoms with Crippen LogP contribution in [0.15, 0.2) is 101 Å². The Morgan fingerprint density at radius 3 is 2.20 bits per heavy atom. The van der Waals surface area contributed by atoms with Crippen LogP contribution in [0.2, 0.25) is 0 Å². The molecule has 0 radical (unpaired) electrons. The van der Waals surface area contributed by atoms with Crippen molar-refractivity contribution >= 4 is 67.0 Å². The van der Waals surface area contributed by atoms with Gasteiger partial charge in [0, 0.05) is 78.8 Å². The van der Waals surface area contributed by atoms with Gasteiger partial charge in [-0.05, 0) is 71.8 Å². The molecule has 3 aromatic heterocycles. The fraction of sp³-hybridized carbons (Fsp3) is 0.278. The Labute approximate surface area is 304 Å². The molecule has 2 aliphatic heterocycles. The molecule has 13 heteroatoms. The van der Waals surface area contributed by atoms with Gasteiger partial charge in [-0.25, -0.2) is 9.97 Å². The fourth-order valence-electron chi connectivity index (χ4n) is 5.98. The first-order valence-corrected chi connectivity index (χ1v) is 18.7. The number of imidazole rings is 2. The van der Waals surface area contributed by atoms with E-state index in [2.05, 4.69) is 104 Å². The lowest BCUT2D eigenvalue weighted by Crippen LogP contribution is -2.21. The van der Waals surface area contributed by atoms with Crippen LogP contribution in [0, 0.1) is 0 Å². The van der Waals surface area contributed by atoms with Gasteiger partial charge in [0.05, 0.1) is 42.4 Å². The summed E-state index contributed by atoms with van der Waals surface area (Å²) in [5.74, 6) is 0. The van der Waals surface area contributed by atoms with Gasteiger partial charge < -0.3 is 33.4 Å². The number of rotatable bonds is 7. The van der Waals surface area contributed by atoms with E-state index in [1.807, 2.05) is 54.6 Å². The smallest absolute Gasteiger partial charge is 0.360 e. The summed E-state index contributed by atoms with van der Waals surface area (Å²) in [6, 6.07) is 20.5. The molecular weight excluding hydrogens is 769 g/mol. The predicted molar refractivity (Wildman–Crippen MR) is 206 cm³/mol. The lowest BCUT2D eigenvalue weighted by molar-refractivity contribution is 0.287. The molecule has 49 heavy (non-hydrogen) atoms. The zero-order chi connectivity index (χ0) is 33.7. The van der Waals surface area contributed by atoms with Crippen molar-refractivity contribution in [3.8, 4) is 0 Å². The van der Waals surface area contributed by atoms with Gasteiger partial charge in [0.2, 0.25) is 0 Å². The van der Waals surface area contributed by atoms with Crippen LogP contribution in [-0.4, -0.2) is 51.8 Å². The van der Waals surface area contributed by atoms with Crippen molar-refractivity contribution in [3.05, 3.63) is 123 Å². The summed E-state index contributed by atoms with van der Waals surface area (Å²) in [5, 5.41) is 1.84. The zero-order valence-corrected chi connectivity index (χ0v) is 31.1. The molecule has 8 rings (SSSR count). The van der Waals surface area contributed by atoms with Gasteiger partial charge in [-0.2, -0.15) is 0 Å². The number of nitrogens with one attached hydrogen (secondary N) is 2. The second-order valence-corrected chi connectivity index (χ2v) is 15.7. The molecule has 2 N–H and O–H groups in total. The maximum Gasteiger partial charge on any atom is 0.360 e. The Balaban J connectivity index is 0.000000150. The largest absolute Gasteiger partial charge is 0.365 e. The average Bonchev–Trinajstić information content (AvgIpc) is 3.95. The van der Waals surface area contributed by atoms with Crippen LogP contribution in [0.5, 0.6) is 0 Å². The molecule has 258 valence electrons. The molecule has 0 aliphatic carbocycles. The third-order valence-corrected chi connectivity index (χ3v) is 11.3. The summed E-state index contributed by atoms with van der Waals surface area (Å²) in [7, 11) is 1.60. The maximum atomic E-state index is 12.5. The van der Waals surface area contributed by atoms with E-state index in [1.165, 1.54) is 41.9 Å². The van der Waals surface area contributed by atoms with Crippen LogP contribution in [0.1, 0.15) is 29.9 Å². The molecule has 10 nitrogen and oxygen atoms in total. The number of aromatic nitrogens is 5. The van der Waals surface area contributed by atoms with Crippen LogP contribution >= 0.6 is 39.5 Å². The van der Waals surface area contributed by atoms with Gasteiger partial charge in [-0.15, -0.1) is 0 Å². The number of nitrogens with zero attached hydrogens (tertiary/aromatic N) is 5. The van der Waals surface area contributed by atoms with Crippen LogP contribution in [0.25, 0.3) is 10.9 Å². The molecular formula is C36H42Br2N7O3P. The Hall–Kier alpha value is -3.67. The van der Waals surface area contributed by atoms with Crippen molar-refractivity contribution in [2.45, 2.75) is 33.4 Å². The maximum absolute atomic E-state index is 12.5. The van der Waals surface area contributed by atoms with E-state index in [9.17, 15) is 4.57 Å². The summed E-state index contributed by atoms with van der Waals surface area (Å²) >= 11 is 6.93. The SMILES string of the molecule is Brc1ccc2cc[nH]c2c1.C.COP(=O)(OC)c1ccc2c(c1)N(Cc1cnc[nH]1)CC2.Cn1cnc(CN2CCc3ccc(Br)cc32)c1. The summed E-state index contributed by atoms with van der Waals surface area (Å²) in [5.41, 5.74) is 8.45. The van der Waals surface area contributed by atoms with Crippen molar-refractivity contribution in [1.82, 2.24) is 24.5 Å². The highest BCUT2D eigenvalue weighted by Gasteiger charge is 2.28. The van der Waals surface area contributed by atoms with E-state index in [4.69, 9.17) is 9.05 Å². The molecule has 0 bridgehead atoms. The molecule has 5 heterocycles. The van der Waals surface area contributed by atoms with Crippen LogP contribution < -0.4 is 15.1 Å². The van der Waals surface area contributed by atoms with Gasteiger partial charge in [0.1, 0.15) is 0 Å². The first-order valence-electron chi connectivity index (χ1n) is 15.5.